The highest BCUT2D eigenvalue weighted by Crippen LogP contribution is 2.16. The summed E-state index contributed by atoms with van der Waals surface area (Å²) >= 11 is 6.10. The molecule has 0 bridgehead atoms. The number of carbonyl (C=O) groups excluding carboxylic acids is 1. The summed E-state index contributed by atoms with van der Waals surface area (Å²) in [6.45, 7) is 1.32. The largest absolute Gasteiger partial charge is 0.366 e. The molecule has 0 saturated heterocycles. The van der Waals surface area contributed by atoms with Gasteiger partial charge in [0.1, 0.15) is 16.5 Å². The van der Waals surface area contributed by atoms with Gasteiger partial charge in [0.05, 0.1) is 0 Å². The molecule has 0 heterocycles. The second-order valence-corrected chi connectivity index (χ2v) is 3.70. The highest BCUT2D eigenvalue weighted by atomic mass is 79.9. The van der Waals surface area contributed by atoms with Crippen LogP contribution in [0.2, 0.25) is 0 Å². The monoisotopic (exact) mass is 290 g/mol. The maximum Gasteiger partial charge on any atom is 0.180 e. The number of hydrogen-bond acceptors (Lipinski definition) is 2. The van der Waals surface area contributed by atoms with Crippen molar-refractivity contribution in [3.8, 4) is 0 Å². The number of halogens is 3. The van der Waals surface area contributed by atoms with Gasteiger partial charge in [-0.3, -0.25) is 4.79 Å². The van der Waals surface area contributed by atoms with Crippen LogP contribution in [0, 0.1) is 0 Å². The van der Waals surface area contributed by atoms with Crippen LogP contribution in [0.15, 0.2) is 0 Å². The Labute approximate surface area is 81.7 Å². The van der Waals surface area contributed by atoms with Gasteiger partial charge in [-0.05, 0) is 6.92 Å². The smallest absolute Gasteiger partial charge is 0.180 e. The lowest BCUT2D eigenvalue weighted by Crippen LogP contribution is -2.27. The standard InChI is InChI=1S/C6H9Br2FO2/c1-2-11-6(8)5(7)4(10)3-9/h5-6H,2-3H2,1H3. The van der Waals surface area contributed by atoms with E-state index < -0.39 is 22.3 Å². The van der Waals surface area contributed by atoms with E-state index >= 15 is 0 Å². The zero-order valence-corrected chi connectivity index (χ0v) is 9.19. The Morgan fingerprint density at radius 2 is 2.18 bits per heavy atom. The summed E-state index contributed by atoms with van der Waals surface area (Å²) < 4.78 is 16.8. The number of hydrogen-bond donors (Lipinski definition) is 0. The molecule has 2 atom stereocenters. The van der Waals surface area contributed by atoms with Crippen LogP contribution in [0.3, 0.4) is 0 Å². The van der Waals surface area contributed by atoms with Crippen LogP contribution >= 0.6 is 31.9 Å². The van der Waals surface area contributed by atoms with Crippen molar-refractivity contribution in [2.45, 2.75) is 16.8 Å². The molecule has 0 aromatic carbocycles. The lowest BCUT2D eigenvalue weighted by Gasteiger charge is -2.13. The summed E-state index contributed by atoms with van der Waals surface area (Å²) in [6.07, 6.45) is 0. The minimum absolute atomic E-state index is 0.448. The Balaban J connectivity index is 3.80. The van der Waals surface area contributed by atoms with Crippen LogP contribution in [0.1, 0.15) is 6.92 Å². The first kappa shape index (κ1) is 11.5. The van der Waals surface area contributed by atoms with E-state index in [1.165, 1.54) is 0 Å². The molecule has 66 valence electrons. The number of ether oxygens (including phenoxy) is 1. The fourth-order valence-corrected chi connectivity index (χ4v) is 1.30. The van der Waals surface area contributed by atoms with Crippen molar-refractivity contribution in [2.75, 3.05) is 13.3 Å². The third-order valence-corrected chi connectivity index (χ3v) is 3.49. The van der Waals surface area contributed by atoms with Gasteiger partial charge >= 0.3 is 0 Å². The molecule has 0 aliphatic rings. The van der Waals surface area contributed by atoms with Gasteiger partial charge in [0, 0.05) is 6.61 Å². The first-order chi connectivity index (χ1) is 5.13. The predicted octanol–water partition coefficient (Wildman–Crippen LogP) is 2.05. The molecule has 0 amide bonds. The molecular weight excluding hydrogens is 283 g/mol. The molecule has 0 aromatic heterocycles. The highest BCUT2D eigenvalue weighted by Gasteiger charge is 2.23. The molecule has 5 heteroatoms. The Kier molecular flexibility index (Phi) is 6.37. The van der Waals surface area contributed by atoms with E-state index in [0.29, 0.717) is 6.61 Å². The van der Waals surface area contributed by atoms with Crippen molar-refractivity contribution in [1.82, 2.24) is 0 Å². The Morgan fingerprint density at radius 3 is 2.55 bits per heavy atom. The first-order valence-corrected chi connectivity index (χ1v) is 4.95. The van der Waals surface area contributed by atoms with Crippen molar-refractivity contribution in [2.24, 2.45) is 0 Å². The fraction of sp³-hybridized carbons (Fsp3) is 0.833. The number of ketones is 1. The van der Waals surface area contributed by atoms with Gasteiger partial charge in [-0.15, -0.1) is 0 Å². The van der Waals surface area contributed by atoms with Gasteiger partial charge in [0.25, 0.3) is 0 Å². The molecular formula is C6H9Br2FO2. The number of rotatable bonds is 5. The second kappa shape index (κ2) is 6.08. The molecule has 0 rings (SSSR count). The fourth-order valence-electron chi connectivity index (χ4n) is 0.464. The average Bonchev–Trinajstić information content (AvgIpc) is 2.02. The normalized spacial score (nSPS) is 16.0. The van der Waals surface area contributed by atoms with Gasteiger partial charge < -0.3 is 4.74 Å². The van der Waals surface area contributed by atoms with Crippen LogP contribution in [0.5, 0.6) is 0 Å². The average molecular weight is 292 g/mol. The number of alkyl halides is 3. The van der Waals surface area contributed by atoms with E-state index in [4.69, 9.17) is 4.74 Å². The summed E-state index contributed by atoms with van der Waals surface area (Å²) in [4.78, 5) is 10.1. The van der Waals surface area contributed by atoms with E-state index in [-0.39, 0.29) is 0 Å². The highest BCUT2D eigenvalue weighted by molar-refractivity contribution is 9.12. The topological polar surface area (TPSA) is 26.3 Å². The molecule has 2 nitrogen and oxygen atoms in total. The summed E-state index contributed by atoms with van der Waals surface area (Å²) in [7, 11) is 0. The summed E-state index contributed by atoms with van der Waals surface area (Å²) in [5.74, 6) is -0.514. The summed E-state index contributed by atoms with van der Waals surface area (Å²) in [6, 6.07) is 0. The minimum Gasteiger partial charge on any atom is -0.366 e. The Bertz CT molecular complexity index is 132. The second-order valence-electron chi connectivity index (χ2n) is 1.81. The predicted molar refractivity (Wildman–Crippen MR) is 48.0 cm³/mol. The molecule has 0 aliphatic heterocycles. The quantitative estimate of drug-likeness (QED) is 0.725. The Morgan fingerprint density at radius 1 is 1.64 bits per heavy atom. The third kappa shape index (κ3) is 4.18. The number of Topliss-reactive ketones (excluding diaryl/α,β-unsaturated/α-hetero) is 1. The zero-order valence-electron chi connectivity index (χ0n) is 6.02. The number of carbonyl (C=O) groups is 1. The SMILES string of the molecule is CCOC(Br)C(Br)C(=O)CF. The molecule has 11 heavy (non-hydrogen) atoms. The van der Waals surface area contributed by atoms with Crippen LogP contribution in [-0.2, 0) is 9.53 Å². The van der Waals surface area contributed by atoms with Crippen molar-refractivity contribution >= 4 is 37.6 Å². The van der Waals surface area contributed by atoms with Gasteiger partial charge in [-0.2, -0.15) is 0 Å². The summed E-state index contributed by atoms with van der Waals surface area (Å²) in [5, 5.41) is -0.448. The molecule has 0 fully saturated rings. The van der Waals surface area contributed by atoms with Crippen LogP contribution in [0.4, 0.5) is 4.39 Å². The van der Waals surface area contributed by atoms with E-state index in [0.717, 1.165) is 0 Å². The molecule has 0 radical (unpaired) electrons. The van der Waals surface area contributed by atoms with Gasteiger partial charge in [-0.25, -0.2) is 4.39 Å². The van der Waals surface area contributed by atoms with E-state index in [2.05, 4.69) is 31.9 Å². The zero-order chi connectivity index (χ0) is 8.85. The van der Waals surface area contributed by atoms with Crippen molar-refractivity contribution in [3.05, 3.63) is 0 Å². The van der Waals surface area contributed by atoms with Gasteiger partial charge in [-0.1, -0.05) is 31.9 Å². The Hall–Kier alpha value is 0.520. The van der Waals surface area contributed by atoms with Gasteiger partial charge in [0.2, 0.25) is 0 Å². The lowest BCUT2D eigenvalue weighted by atomic mass is 10.3. The molecule has 0 aromatic rings. The molecule has 0 spiro atoms. The van der Waals surface area contributed by atoms with Crippen LogP contribution in [0.25, 0.3) is 0 Å². The first-order valence-electron chi connectivity index (χ1n) is 3.11. The molecule has 0 aliphatic carbocycles. The van der Waals surface area contributed by atoms with Gasteiger partial charge in [0.15, 0.2) is 5.78 Å². The minimum atomic E-state index is -0.967. The molecule has 0 N–H and O–H groups in total. The van der Waals surface area contributed by atoms with Crippen LogP contribution in [-0.4, -0.2) is 28.9 Å². The maximum absolute atomic E-state index is 11.8. The van der Waals surface area contributed by atoms with E-state index in [9.17, 15) is 9.18 Å². The third-order valence-electron chi connectivity index (χ3n) is 0.995. The lowest BCUT2D eigenvalue weighted by molar-refractivity contribution is -0.120. The van der Waals surface area contributed by atoms with E-state index in [1.54, 1.807) is 6.92 Å². The van der Waals surface area contributed by atoms with Crippen LogP contribution < -0.4 is 0 Å². The molecule has 2 unspecified atom stereocenters. The van der Waals surface area contributed by atoms with Crippen molar-refractivity contribution in [3.63, 3.8) is 0 Å². The van der Waals surface area contributed by atoms with Crippen molar-refractivity contribution in [1.29, 1.82) is 0 Å². The maximum atomic E-state index is 11.8. The van der Waals surface area contributed by atoms with Crippen molar-refractivity contribution < 1.29 is 13.9 Å². The molecule has 0 saturated carbocycles. The van der Waals surface area contributed by atoms with E-state index in [1.807, 2.05) is 0 Å². The summed E-state index contributed by atoms with van der Waals surface area (Å²) in [5.41, 5.74) is 0.